The zero-order valence-corrected chi connectivity index (χ0v) is 15.3. The highest BCUT2D eigenvalue weighted by Crippen LogP contribution is 2.24. The van der Waals surface area contributed by atoms with Gasteiger partial charge in [0.1, 0.15) is 0 Å². The van der Waals surface area contributed by atoms with Crippen molar-refractivity contribution in [3.63, 3.8) is 0 Å². The molecule has 132 valence electrons. The van der Waals surface area contributed by atoms with Crippen LogP contribution in [-0.4, -0.2) is 9.55 Å². The molecule has 0 aliphatic heterocycles. The first-order valence-corrected chi connectivity index (χ1v) is 9.17. The highest BCUT2D eigenvalue weighted by Gasteiger charge is 2.16. The maximum absolute atomic E-state index is 13.2. The van der Waals surface area contributed by atoms with Crippen molar-refractivity contribution < 1.29 is 0 Å². The van der Waals surface area contributed by atoms with Gasteiger partial charge in [-0.1, -0.05) is 32.8 Å². The van der Waals surface area contributed by atoms with Crippen LogP contribution in [0, 0.1) is 11.3 Å². The van der Waals surface area contributed by atoms with Gasteiger partial charge in [-0.15, -0.1) is 0 Å². The van der Waals surface area contributed by atoms with Gasteiger partial charge in [0.15, 0.2) is 0 Å². The molecule has 0 saturated heterocycles. The van der Waals surface area contributed by atoms with E-state index >= 15 is 0 Å². The van der Waals surface area contributed by atoms with Crippen LogP contribution in [0.15, 0.2) is 47.4 Å². The highest BCUT2D eigenvalue weighted by atomic mass is 16.1. The average molecular weight is 345 g/mol. The molecule has 4 nitrogen and oxygen atoms in total. The number of aromatic nitrogens is 2. The van der Waals surface area contributed by atoms with E-state index in [4.69, 9.17) is 0 Å². The molecule has 3 rings (SSSR count). The third-order valence-corrected chi connectivity index (χ3v) is 4.66. The second-order valence-corrected chi connectivity index (χ2v) is 6.51. The highest BCUT2D eigenvalue weighted by molar-refractivity contribution is 5.87. The van der Waals surface area contributed by atoms with Crippen LogP contribution in [0.4, 0.5) is 0 Å². The molecule has 3 aromatic rings. The average Bonchev–Trinajstić information content (AvgIpc) is 2.68. The number of benzene rings is 1. The summed E-state index contributed by atoms with van der Waals surface area (Å²) in [4.78, 5) is 17.6. The number of nitriles is 1. The molecule has 2 aromatic heterocycles. The summed E-state index contributed by atoms with van der Waals surface area (Å²) in [5.41, 5.74) is 3.74. The van der Waals surface area contributed by atoms with Crippen LogP contribution in [0.5, 0.6) is 0 Å². The molecule has 0 aliphatic rings. The molecular weight excluding hydrogens is 322 g/mol. The van der Waals surface area contributed by atoms with Gasteiger partial charge in [0.25, 0.3) is 5.56 Å². The minimum Gasteiger partial charge on any atom is -0.306 e. The summed E-state index contributed by atoms with van der Waals surface area (Å²) in [6.45, 7) is 4.74. The molecular formula is C22H23N3O. The van der Waals surface area contributed by atoms with E-state index in [2.05, 4.69) is 24.9 Å². The van der Waals surface area contributed by atoms with Gasteiger partial charge in [-0.05, 0) is 54.1 Å². The van der Waals surface area contributed by atoms with E-state index in [-0.39, 0.29) is 5.56 Å². The fourth-order valence-electron chi connectivity index (χ4n) is 3.51. The maximum atomic E-state index is 13.2. The zero-order valence-electron chi connectivity index (χ0n) is 15.3. The van der Waals surface area contributed by atoms with Crippen molar-refractivity contribution in [2.75, 3.05) is 0 Å². The molecule has 0 unspecified atom stereocenters. The number of fused-ring (bicyclic) bond motifs is 1. The predicted octanol–water partition coefficient (Wildman–Crippen LogP) is 4.22. The lowest BCUT2D eigenvalue weighted by atomic mass is 9.96. The van der Waals surface area contributed by atoms with E-state index in [0.29, 0.717) is 17.5 Å². The third-order valence-electron chi connectivity index (χ3n) is 4.66. The van der Waals surface area contributed by atoms with Crippen molar-refractivity contribution in [1.29, 1.82) is 5.26 Å². The lowest BCUT2D eigenvalue weighted by Gasteiger charge is -2.19. The molecule has 0 aliphatic carbocycles. The van der Waals surface area contributed by atoms with Gasteiger partial charge in [-0.25, -0.2) is 0 Å². The van der Waals surface area contributed by atoms with E-state index in [9.17, 15) is 10.1 Å². The van der Waals surface area contributed by atoms with Crippen LogP contribution in [-0.2, 0) is 19.4 Å². The summed E-state index contributed by atoms with van der Waals surface area (Å²) >= 11 is 0. The maximum Gasteiger partial charge on any atom is 0.259 e. The molecule has 0 radical (unpaired) electrons. The van der Waals surface area contributed by atoms with Gasteiger partial charge in [-0.3, -0.25) is 9.78 Å². The van der Waals surface area contributed by atoms with Crippen LogP contribution in [0.3, 0.4) is 0 Å². The second kappa shape index (κ2) is 7.97. The molecule has 0 saturated carbocycles. The van der Waals surface area contributed by atoms with Crippen molar-refractivity contribution in [1.82, 2.24) is 9.55 Å². The van der Waals surface area contributed by atoms with E-state index in [0.717, 1.165) is 42.5 Å². The lowest BCUT2D eigenvalue weighted by molar-refractivity contribution is 0.668. The Hall–Kier alpha value is -2.93. The molecule has 1 aromatic carbocycles. The SMILES string of the molecule is CCCc1c(CCC)n(Cc2ccccn2)c(=O)c2ccc(C#N)cc12. The number of aryl methyl sites for hydroxylation is 1. The summed E-state index contributed by atoms with van der Waals surface area (Å²) in [6, 6.07) is 13.4. The Bertz CT molecular complexity index is 1010. The van der Waals surface area contributed by atoms with Crippen LogP contribution in [0.1, 0.15) is 49.2 Å². The topological polar surface area (TPSA) is 58.7 Å². The number of rotatable bonds is 6. The monoisotopic (exact) mass is 345 g/mol. The molecule has 0 bridgehead atoms. The molecule has 0 spiro atoms. The minimum atomic E-state index is -0.00144. The number of nitrogens with zero attached hydrogens (tertiary/aromatic N) is 3. The second-order valence-electron chi connectivity index (χ2n) is 6.51. The van der Waals surface area contributed by atoms with E-state index < -0.39 is 0 Å². The quantitative estimate of drug-likeness (QED) is 0.672. The van der Waals surface area contributed by atoms with Crippen molar-refractivity contribution >= 4 is 10.8 Å². The minimum absolute atomic E-state index is 0.00144. The first kappa shape index (κ1) is 17.9. The van der Waals surface area contributed by atoms with Gasteiger partial charge < -0.3 is 4.57 Å². The van der Waals surface area contributed by atoms with E-state index in [1.807, 2.05) is 28.8 Å². The Morgan fingerprint density at radius 3 is 2.54 bits per heavy atom. The first-order chi connectivity index (χ1) is 12.7. The lowest BCUT2D eigenvalue weighted by Crippen LogP contribution is -2.27. The van der Waals surface area contributed by atoms with Gasteiger partial charge in [0, 0.05) is 17.3 Å². The predicted molar refractivity (Wildman–Crippen MR) is 104 cm³/mol. The van der Waals surface area contributed by atoms with Crippen LogP contribution in [0.25, 0.3) is 10.8 Å². The van der Waals surface area contributed by atoms with Crippen molar-refractivity contribution in [3.8, 4) is 6.07 Å². The van der Waals surface area contributed by atoms with Gasteiger partial charge in [0.2, 0.25) is 0 Å². The van der Waals surface area contributed by atoms with Crippen LogP contribution >= 0.6 is 0 Å². The number of hydrogen-bond acceptors (Lipinski definition) is 3. The fourth-order valence-corrected chi connectivity index (χ4v) is 3.51. The molecule has 0 atom stereocenters. The number of hydrogen-bond donors (Lipinski definition) is 0. The largest absolute Gasteiger partial charge is 0.306 e. The van der Waals surface area contributed by atoms with Crippen molar-refractivity contribution in [3.05, 3.63) is 75.5 Å². The van der Waals surface area contributed by atoms with E-state index in [1.165, 1.54) is 5.56 Å². The van der Waals surface area contributed by atoms with Crippen LogP contribution in [0.2, 0.25) is 0 Å². The van der Waals surface area contributed by atoms with Gasteiger partial charge >= 0.3 is 0 Å². The molecule has 0 N–H and O–H groups in total. The summed E-state index contributed by atoms with van der Waals surface area (Å²) in [6.07, 6.45) is 5.44. The Balaban J connectivity index is 2.32. The van der Waals surface area contributed by atoms with E-state index in [1.54, 1.807) is 18.3 Å². The first-order valence-electron chi connectivity index (χ1n) is 9.17. The van der Waals surface area contributed by atoms with Gasteiger partial charge in [0.05, 0.1) is 23.9 Å². The van der Waals surface area contributed by atoms with Gasteiger partial charge in [-0.2, -0.15) is 5.26 Å². The number of pyridine rings is 2. The zero-order chi connectivity index (χ0) is 18.5. The van der Waals surface area contributed by atoms with Crippen molar-refractivity contribution in [2.24, 2.45) is 0 Å². The Labute approximate surface area is 153 Å². The van der Waals surface area contributed by atoms with Crippen LogP contribution < -0.4 is 5.56 Å². The third kappa shape index (κ3) is 3.39. The normalized spacial score (nSPS) is 10.8. The Morgan fingerprint density at radius 1 is 1.08 bits per heavy atom. The molecule has 2 heterocycles. The molecule has 0 fully saturated rings. The molecule has 4 heteroatoms. The summed E-state index contributed by atoms with van der Waals surface area (Å²) in [7, 11) is 0. The summed E-state index contributed by atoms with van der Waals surface area (Å²) in [5.74, 6) is 0. The fraction of sp³-hybridized carbons (Fsp3) is 0.318. The Morgan fingerprint density at radius 2 is 1.88 bits per heavy atom. The Kier molecular flexibility index (Phi) is 5.48. The standard InChI is InChI=1S/C22H23N3O/c1-3-7-18-20-13-16(14-23)10-11-19(20)22(26)25(21(18)8-4-2)15-17-9-5-6-12-24-17/h5-6,9-13H,3-4,7-8,15H2,1-2H3. The summed E-state index contributed by atoms with van der Waals surface area (Å²) in [5, 5.41) is 10.9. The summed E-state index contributed by atoms with van der Waals surface area (Å²) < 4.78 is 1.88. The van der Waals surface area contributed by atoms with Crippen molar-refractivity contribution in [2.45, 2.75) is 46.1 Å². The molecule has 26 heavy (non-hydrogen) atoms. The molecule has 0 amide bonds. The smallest absolute Gasteiger partial charge is 0.259 e.